The number of hydrogen-bond acceptors (Lipinski definition) is 2. The summed E-state index contributed by atoms with van der Waals surface area (Å²) in [5.41, 5.74) is 3.32. The maximum absolute atomic E-state index is 12.8. The molecule has 0 aliphatic carbocycles. The van der Waals surface area contributed by atoms with Gasteiger partial charge in [0.25, 0.3) is 0 Å². The number of benzene rings is 2. The highest BCUT2D eigenvalue weighted by Crippen LogP contribution is 2.15. The van der Waals surface area contributed by atoms with Crippen LogP contribution in [-0.4, -0.2) is 31.8 Å². The van der Waals surface area contributed by atoms with Gasteiger partial charge in [0.05, 0.1) is 12.3 Å². The molecule has 0 amide bonds. The van der Waals surface area contributed by atoms with E-state index in [4.69, 9.17) is 4.74 Å². The first-order valence-corrected chi connectivity index (χ1v) is 10.2. The van der Waals surface area contributed by atoms with Gasteiger partial charge in [-0.2, -0.15) is 0 Å². The zero-order valence-electron chi connectivity index (χ0n) is 18.1. The van der Waals surface area contributed by atoms with E-state index in [1.807, 2.05) is 90.5 Å². The van der Waals surface area contributed by atoms with E-state index in [-0.39, 0.29) is 12.4 Å². The molecule has 160 valence electrons. The molecular formula is C26H28NO4+. The lowest BCUT2D eigenvalue weighted by molar-refractivity contribution is 0.00340. The highest BCUT2D eigenvalue weighted by Gasteiger charge is 2.34. The Bertz CT molecular complexity index is 1070. The summed E-state index contributed by atoms with van der Waals surface area (Å²) < 4.78 is 7.47. The van der Waals surface area contributed by atoms with Crippen LogP contribution in [0.15, 0.2) is 72.9 Å². The number of aromatic nitrogens is 1. The zero-order chi connectivity index (χ0) is 22.4. The number of nitrogens with zero attached hydrogens (tertiary/aromatic N) is 1. The van der Waals surface area contributed by atoms with Crippen molar-refractivity contribution < 1.29 is 19.4 Å². The molecule has 0 bridgehead atoms. The molecule has 1 aromatic heterocycles. The number of aliphatic hydroxyl groups excluding tert-OH is 1. The number of ketones is 1. The fraction of sp³-hybridized carbons (Fsp3) is 0.231. The van der Waals surface area contributed by atoms with E-state index in [0.717, 1.165) is 16.7 Å². The van der Waals surface area contributed by atoms with E-state index in [0.29, 0.717) is 17.8 Å². The predicted molar refractivity (Wildman–Crippen MR) is 123 cm³/mol. The van der Waals surface area contributed by atoms with Gasteiger partial charge < -0.3 is 19.2 Å². The molecule has 31 heavy (non-hydrogen) atoms. The van der Waals surface area contributed by atoms with E-state index < -0.39 is 11.6 Å². The minimum Gasteiger partial charge on any atom is -0.354 e. The van der Waals surface area contributed by atoms with Crippen molar-refractivity contribution >= 4 is 17.8 Å². The third-order valence-corrected chi connectivity index (χ3v) is 5.11. The van der Waals surface area contributed by atoms with E-state index in [1.165, 1.54) is 0 Å². The molecule has 0 radical (unpaired) electrons. The van der Waals surface area contributed by atoms with E-state index in [1.54, 1.807) is 13.8 Å². The summed E-state index contributed by atoms with van der Waals surface area (Å²) in [6, 6.07) is 19.1. The van der Waals surface area contributed by atoms with Crippen LogP contribution in [0.5, 0.6) is 0 Å². The van der Waals surface area contributed by atoms with Crippen LogP contribution in [0.3, 0.4) is 0 Å². The number of carbonyl (C=O) groups excluding carboxylic acids is 1. The first-order valence-electron chi connectivity index (χ1n) is 10.2. The van der Waals surface area contributed by atoms with Crippen LogP contribution < -0.4 is 0 Å². The highest BCUT2D eigenvalue weighted by molar-refractivity contribution is 6.08. The fourth-order valence-corrected chi connectivity index (χ4v) is 2.99. The van der Waals surface area contributed by atoms with Crippen LogP contribution in [0.4, 0.5) is 0 Å². The zero-order valence-corrected chi connectivity index (χ0v) is 18.1. The second kappa shape index (κ2) is 9.58. The summed E-state index contributed by atoms with van der Waals surface area (Å²) in [7, 11) is 0. The summed E-state index contributed by atoms with van der Waals surface area (Å²) >= 11 is 0. The standard InChI is InChI=1S/C26H27NO4/c1-19-8-14-22(15-9-19)24(28)23-7-5-17-27(23)16-4-6-20-10-12-21(13-11-20)18-31-26(2,3)25(29)30/h4-15,17H,16,18H2,1-3H3,(H,29,30)/p+1/b6-4+. The summed E-state index contributed by atoms with van der Waals surface area (Å²) in [5.74, 6) is -0.728. The molecule has 0 fully saturated rings. The molecule has 2 N–H and O–H groups in total. The minimum absolute atomic E-state index is 0.0110. The van der Waals surface area contributed by atoms with E-state index in [2.05, 4.69) is 0 Å². The van der Waals surface area contributed by atoms with Crippen molar-refractivity contribution in [3.63, 3.8) is 0 Å². The minimum atomic E-state index is -1.11. The summed E-state index contributed by atoms with van der Waals surface area (Å²) in [4.78, 5) is 22.0. The molecule has 3 rings (SSSR count). The van der Waals surface area contributed by atoms with Gasteiger partial charge in [-0.1, -0.05) is 66.2 Å². The Morgan fingerprint density at radius 2 is 1.77 bits per heavy atom. The molecule has 5 nitrogen and oxygen atoms in total. The quantitative estimate of drug-likeness (QED) is 0.388. The van der Waals surface area contributed by atoms with Crippen molar-refractivity contribution in [1.29, 1.82) is 0 Å². The maximum Gasteiger partial charge on any atom is 0.513 e. The van der Waals surface area contributed by atoms with Gasteiger partial charge in [0.2, 0.25) is 11.4 Å². The molecule has 0 saturated carbocycles. The monoisotopic (exact) mass is 418 g/mol. The lowest BCUT2D eigenvalue weighted by atomic mass is 10.1. The molecule has 0 aliphatic heterocycles. The average molecular weight is 419 g/mol. The Kier molecular flexibility index (Phi) is 6.88. The summed E-state index contributed by atoms with van der Waals surface area (Å²) in [5, 5.41) is 9.22. The van der Waals surface area contributed by atoms with Crippen molar-refractivity contribution in [3.05, 3.63) is 101 Å². The van der Waals surface area contributed by atoms with Gasteiger partial charge in [-0.25, -0.2) is 0 Å². The molecule has 0 saturated heterocycles. The first-order chi connectivity index (χ1) is 14.8. The fourth-order valence-electron chi connectivity index (χ4n) is 2.99. The van der Waals surface area contributed by atoms with Crippen molar-refractivity contribution in [3.8, 4) is 0 Å². The van der Waals surface area contributed by atoms with Gasteiger partial charge in [-0.05, 0) is 44.0 Å². The van der Waals surface area contributed by atoms with Crippen LogP contribution in [0, 0.1) is 6.92 Å². The van der Waals surface area contributed by atoms with E-state index >= 15 is 0 Å². The van der Waals surface area contributed by atoms with Gasteiger partial charge >= 0.3 is 5.97 Å². The number of ether oxygens (including phenoxy) is 1. The van der Waals surface area contributed by atoms with Gasteiger partial charge in [-0.15, -0.1) is 0 Å². The first kappa shape index (κ1) is 22.2. The largest absolute Gasteiger partial charge is 0.513 e. The Morgan fingerprint density at radius 1 is 1.10 bits per heavy atom. The molecule has 0 spiro atoms. The Labute approximate surface area is 182 Å². The smallest absolute Gasteiger partial charge is 0.354 e. The normalized spacial score (nSPS) is 11.7. The number of hydrogen-bond donors (Lipinski definition) is 1. The lowest BCUT2D eigenvalue weighted by Crippen LogP contribution is -2.34. The predicted octanol–water partition coefficient (Wildman–Crippen LogP) is 5.10. The third kappa shape index (κ3) is 5.80. The molecule has 0 atom stereocenters. The molecule has 3 aromatic rings. The number of carbonyl (C=O) groups is 1. The van der Waals surface area contributed by atoms with Gasteiger partial charge in [-0.3, -0.25) is 4.79 Å². The Hall–Kier alpha value is -3.44. The van der Waals surface area contributed by atoms with Crippen LogP contribution in [0.2, 0.25) is 0 Å². The van der Waals surface area contributed by atoms with Gasteiger partial charge in [0, 0.05) is 18.3 Å². The molecule has 1 heterocycles. The van der Waals surface area contributed by atoms with Gasteiger partial charge in [0.1, 0.15) is 0 Å². The Morgan fingerprint density at radius 3 is 2.42 bits per heavy atom. The van der Waals surface area contributed by atoms with Crippen molar-refractivity contribution in [2.24, 2.45) is 0 Å². The topological polar surface area (TPSA) is 72.9 Å². The number of aryl methyl sites for hydroxylation is 1. The van der Waals surface area contributed by atoms with Crippen LogP contribution in [0.1, 0.15) is 46.6 Å². The van der Waals surface area contributed by atoms with Crippen molar-refractivity contribution in [2.75, 3.05) is 0 Å². The van der Waals surface area contributed by atoms with Crippen molar-refractivity contribution in [1.82, 2.24) is 4.57 Å². The second-order valence-corrected chi connectivity index (χ2v) is 8.01. The number of carboxylic acid groups (broad SMARTS) is 1. The van der Waals surface area contributed by atoms with Crippen LogP contribution in [0.25, 0.3) is 6.08 Å². The number of rotatable bonds is 9. The van der Waals surface area contributed by atoms with Gasteiger partial charge in [0.15, 0.2) is 0 Å². The number of carboxylic acids is 1. The van der Waals surface area contributed by atoms with Crippen LogP contribution in [-0.2, 0) is 17.9 Å². The van der Waals surface area contributed by atoms with E-state index in [9.17, 15) is 14.7 Å². The molecular weight excluding hydrogens is 390 g/mol. The molecule has 2 aromatic carbocycles. The average Bonchev–Trinajstić information content (AvgIpc) is 3.21. The number of allylic oxidation sites excluding steroid dienone is 1. The summed E-state index contributed by atoms with van der Waals surface area (Å²) in [6.45, 7) is 6.05. The Balaban J connectivity index is 1.60. The molecule has 5 heteroatoms. The second-order valence-electron chi connectivity index (χ2n) is 8.01. The van der Waals surface area contributed by atoms with Crippen molar-refractivity contribution in [2.45, 2.75) is 39.5 Å². The highest BCUT2D eigenvalue weighted by atomic mass is 16.5. The summed E-state index contributed by atoms with van der Waals surface area (Å²) in [6.07, 6.45) is 5.92. The molecule has 0 unspecified atom stereocenters. The maximum atomic E-state index is 12.8. The van der Waals surface area contributed by atoms with Crippen LogP contribution >= 0.6 is 0 Å². The SMILES string of the molecule is Cc1ccc(C(=O)c2cccn2C/C=C/c2ccc(COC(C)(C)C(O)=[OH+])cc2)cc1. The third-order valence-electron chi connectivity index (χ3n) is 5.11. The molecule has 0 aliphatic rings. The lowest BCUT2D eigenvalue weighted by Gasteiger charge is -2.16. The number of aliphatic carboxylic acids is 1.